The smallest absolute Gasteiger partial charge is 0.422 e. The van der Waals surface area contributed by atoms with Crippen LogP contribution in [-0.2, 0) is 19.9 Å². The summed E-state index contributed by atoms with van der Waals surface area (Å²) in [7, 11) is 0. The van der Waals surface area contributed by atoms with Gasteiger partial charge in [0.15, 0.2) is 6.61 Å². The molecule has 3 fully saturated rings. The van der Waals surface area contributed by atoms with Crippen molar-refractivity contribution >= 4 is 52.6 Å². The zero-order valence-electron chi connectivity index (χ0n) is 29.8. The lowest BCUT2D eigenvalue weighted by molar-refractivity contribution is -0.154. The van der Waals surface area contributed by atoms with Crippen LogP contribution in [0.1, 0.15) is 80.1 Å². The monoisotopic (exact) mass is 786 g/mol. The maximum Gasteiger partial charge on any atom is 0.422 e. The average Bonchev–Trinajstić information content (AvgIpc) is 3.92. The van der Waals surface area contributed by atoms with E-state index in [4.69, 9.17) is 16.3 Å². The van der Waals surface area contributed by atoms with E-state index < -0.39 is 65.9 Å². The molecule has 3 aromatic rings. The van der Waals surface area contributed by atoms with Gasteiger partial charge in [0.05, 0.1) is 17.6 Å². The normalized spacial score (nSPS) is 20.4. The van der Waals surface area contributed by atoms with Crippen LogP contribution >= 0.6 is 11.6 Å². The van der Waals surface area contributed by atoms with Gasteiger partial charge in [-0.15, -0.1) is 0 Å². The highest BCUT2D eigenvalue weighted by Gasteiger charge is 2.49. The number of benzene rings is 2. The van der Waals surface area contributed by atoms with Crippen molar-refractivity contribution in [2.24, 2.45) is 0 Å². The third-order valence-corrected chi connectivity index (χ3v) is 10.2. The second-order valence-electron chi connectivity index (χ2n) is 14.1. The molecule has 0 saturated heterocycles. The van der Waals surface area contributed by atoms with Gasteiger partial charge in [-0.3, -0.25) is 14.4 Å². The van der Waals surface area contributed by atoms with Gasteiger partial charge in [0.2, 0.25) is 23.5 Å². The van der Waals surface area contributed by atoms with Crippen LogP contribution in [-0.4, -0.2) is 87.0 Å². The first-order valence-corrected chi connectivity index (χ1v) is 18.6. The summed E-state index contributed by atoms with van der Waals surface area (Å²) in [5.74, 6) is -3.14. The number of ketones is 2. The molecule has 14 nitrogen and oxygen atoms in total. The summed E-state index contributed by atoms with van der Waals surface area (Å²) in [6.07, 6.45) is 4.19. The number of carbonyl (C=O) groups excluding carboxylic acids is 3. The molecule has 0 aliphatic heterocycles. The summed E-state index contributed by atoms with van der Waals surface area (Å²) in [4.78, 5) is 62.2. The standard InChI is InChI=1S/C37H42ClF3N8O6/c38-23-12-10-22(11-13-23)36(17-18-36)49-34-46-33(47-35(48-34)55-20-37(39,40)41)44-25-14-8-21(9-15-25)31(52)45-26(32(53)54)16-19-42-27-28(30(51)29(27)50)43-24-6-4-2-1-3-5-7-24/h8-15,24,26-28,42-43H,1-7,16-20H2,(H,45,52)(H,53,54)(H2,44,46,47,48,49). The van der Waals surface area contributed by atoms with E-state index in [1.54, 1.807) is 12.1 Å². The van der Waals surface area contributed by atoms with Crippen molar-refractivity contribution in [1.29, 1.82) is 0 Å². The van der Waals surface area contributed by atoms with E-state index in [1.807, 2.05) is 12.1 Å². The Bertz CT molecular complexity index is 1850. The Morgan fingerprint density at radius 3 is 2.16 bits per heavy atom. The van der Waals surface area contributed by atoms with Gasteiger partial charge < -0.3 is 36.4 Å². The second kappa shape index (κ2) is 17.3. The number of amides is 1. The number of ether oxygens (including phenoxy) is 1. The van der Waals surface area contributed by atoms with E-state index in [0.29, 0.717) is 23.6 Å². The number of aliphatic carboxylic acids is 1. The average molecular weight is 787 g/mol. The summed E-state index contributed by atoms with van der Waals surface area (Å²) < 4.78 is 43.7. The molecule has 0 radical (unpaired) electrons. The van der Waals surface area contributed by atoms with E-state index in [-0.39, 0.29) is 36.5 Å². The SMILES string of the molecule is O=C(NC(CCNC1C(=O)C(=O)C1NC1CCCCCCC1)C(=O)O)c1ccc(Nc2nc(NC3(c4ccc(Cl)cc4)CC3)nc(OCC(F)(F)F)n2)cc1. The van der Waals surface area contributed by atoms with Crippen LogP contribution in [0.4, 0.5) is 30.8 Å². The summed E-state index contributed by atoms with van der Waals surface area (Å²) in [5.41, 5.74) is 0.824. The van der Waals surface area contributed by atoms with Crippen molar-refractivity contribution in [3.05, 3.63) is 64.7 Å². The quantitative estimate of drug-likeness (QED) is 0.106. The van der Waals surface area contributed by atoms with E-state index in [0.717, 1.165) is 44.1 Å². The fraction of sp³-hybridized carbons (Fsp3) is 0.486. The van der Waals surface area contributed by atoms with Crippen LogP contribution in [0.15, 0.2) is 48.5 Å². The maximum absolute atomic E-state index is 13.1. The highest BCUT2D eigenvalue weighted by molar-refractivity contribution is 6.49. The molecule has 6 rings (SSSR count). The van der Waals surface area contributed by atoms with Crippen molar-refractivity contribution in [1.82, 2.24) is 30.9 Å². The lowest BCUT2D eigenvalue weighted by Crippen LogP contribution is -2.71. The van der Waals surface area contributed by atoms with Gasteiger partial charge in [0.25, 0.3) is 5.91 Å². The number of carboxylic acids is 1. The molecule has 3 unspecified atom stereocenters. The largest absolute Gasteiger partial charge is 0.480 e. The van der Waals surface area contributed by atoms with Gasteiger partial charge in [-0.1, -0.05) is 55.8 Å². The molecule has 2 aromatic carbocycles. The van der Waals surface area contributed by atoms with Crippen molar-refractivity contribution in [3.8, 4) is 6.01 Å². The zero-order chi connectivity index (χ0) is 39.2. The number of hydrogen-bond acceptors (Lipinski definition) is 12. The first kappa shape index (κ1) is 39.8. The lowest BCUT2D eigenvalue weighted by atomic mass is 9.81. The Labute approximate surface area is 319 Å². The van der Waals surface area contributed by atoms with E-state index in [9.17, 15) is 37.5 Å². The molecule has 1 amide bonds. The van der Waals surface area contributed by atoms with Crippen LogP contribution in [0.3, 0.4) is 0 Å². The Hall–Kier alpha value is -4.87. The molecule has 1 heterocycles. The highest BCUT2D eigenvalue weighted by atomic mass is 35.5. The number of Topliss-reactive ketones (excluding diaryl/α,β-unsaturated/α-hetero) is 2. The van der Waals surface area contributed by atoms with Crippen molar-refractivity contribution in [2.75, 3.05) is 23.8 Å². The molecule has 18 heteroatoms. The topological polar surface area (TPSA) is 197 Å². The van der Waals surface area contributed by atoms with Gasteiger partial charge in [-0.05, 0) is 80.6 Å². The van der Waals surface area contributed by atoms with E-state index in [1.165, 1.54) is 30.7 Å². The summed E-state index contributed by atoms with van der Waals surface area (Å²) >= 11 is 6.03. The number of alkyl halides is 3. The molecule has 3 atom stereocenters. The Kier molecular flexibility index (Phi) is 12.5. The molecule has 3 aliphatic rings. The zero-order valence-corrected chi connectivity index (χ0v) is 30.5. The molecule has 6 N–H and O–H groups in total. The Morgan fingerprint density at radius 2 is 1.53 bits per heavy atom. The Morgan fingerprint density at radius 1 is 0.891 bits per heavy atom. The van der Waals surface area contributed by atoms with Crippen LogP contribution in [0, 0.1) is 0 Å². The van der Waals surface area contributed by atoms with Crippen LogP contribution < -0.4 is 31.3 Å². The van der Waals surface area contributed by atoms with Gasteiger partial charge in [-0.25, -0.2) is 4.79 Å². The van der Waals surface area contributed by atoms with Crippen LogP contribution in [0.25, 0.3) is 0 Å². The van der Waals surface area contributed by atoms with Gasteiger partial charge in [-0.2, -0.15) is 28.1 Å². The highest BCUT2D eigenvalue weighted by Crippen LogP contribution is 2.48. The van der Waals surface area contributed by atoms with Crippen molar-refractivity contribution in [3.63, 3.8) is 0 Å². The van der Waals surface area contributed by atoms with Crippen molar-refractivity contribution in [2.45, 2.75) is 100 Å². The third-order valence-electron chi connectivity index (χ3n) is 9.94. The molecule has 1 aromatic heterocycles. The first-order valence-electron chi connectivity index (χ1n) is 18.3. The molecule has 3 aliphatic carbocycles. The lowest BCUT2D eigenvalue weighted by Gasteiger charge is -2.37. The summed E-state index contributed by atoms with van der Waals surface area (Å²) in [5, 5.41) is 25.3. The molecule has 3 saturated carbocycles. The van der Waals surface area contributed by atoms with Crippen molar-refractivity contribution < 1.29 is 42.2 Å². The Balaban J connectivity index is 1.05. The van der Waals surface area contributed by atoms with Crippen LogP contribution in [0.5, 0.6) is 6.01 Å². The molecule has 55 heavy (non-hydrogen) atoms. The first-order chi connectivity index (χ1) is 26.3. The number of rotatable bonds is 16. The number of halogens is 4. The maximum atomic E-state index is 13.1. The third kappa shape index (κ3) is 10.7. The molecular weight excluding hydrogens is 745 g/mol. The molecular formula is C37H42ClF3N8O6. The van der Waals surface area contributed by atoms with Gasteiger partial charge >= 0.3 is 18.2 Å². The van der Waals surface area contributed by atoms with E-state index in [2.05, 4.69) is 41.5 Å². The molecule has 0 bridgehead atoms. The number of nitrogens with one attached hydrogen (secondary N) is 5. The number of hydrogen-bond donors (Lipinski definition) is 6. The predicted molar refractivity (Wildman–Crippen MR) is 195 cm³/mol. The minimum absolute atomic E-state index is 0.0256. The summed E-state index contributed by atoms with van der Waals surface area (Å²) in [6, 6.07) is 9.80. The minimum atomic E-state index is -4.63. The number of anilines is 3. The number of aromatic nitrogens is 3. The van der Waals surface area contributed by atoms with E-state index >= 15 is 0 Å². The van der Waals surface area contributed by atoms with Gasteiger partial charge in [0.1, 0.15) is 6.04 Å². The summed E-state index contributed by atoms with van der Waals surface area (Å²) in [6.45, 7) is -1.56. The molecule has 294 valence electrons. The fourth-order valence-corrected chi connectivity index (χ4v) is 6.89. The number of carbonyl (C=O) groups is 4. The minimum Gasteiger partial charge on any atom is -0.480 e. The number of carboxylic acid groups (broad SMARTS) is 1. The van der Waals surface area contributed by atoms with Crippen LogP contribution in [0.2, 0.25) is 5.02 Å². The predicted octanol–water partition coefficient (Wildman–Crippen LogP) is 5.07. The second-order valence-corrected chi connectivity index (χ2v) is 14.5. The number of nitrogens with zero attached hydrogens (tertiary/aromatic N) is 3. The van der Waals surface area contributed by atoms with Gasteiger partial charge in [0, 0.05) is 22.3 Å². The fourth-order valence-electron chi connectivity index (χ4n) is 6.76. The molecule has 0 spiro atoms.